The molecule has 0 unspecified atom stereocenters. The summed E-state index contributed by atoms with van der Waals surface area (Å²) in [7, 11) is 0. The molecule has 0 amide bonds. The summed E-state index contributed by atoms with van der Waals surface area (Å²) < 4.78 is 5.19. The number of nitrogens with one attached hydrogen (secondary N) is 1. The number of hydrogen-bond donors (Lipinski definition) is 1. The van der Waals surface area contributed by atoms with Crippen LogP contribution in [0, 0.1) is 0 Å². The molecule has 1 N–H and O–H groups in total. The van der Waals surface area contributed by atoms with Crippen molar-refractivity contribution in [2.24, 2.45) is 0 Å². The van der Waals surface area contributed by atoms with Gasteiger partial charge in [0.05, 0.1) is 6.54 Å². The van der Waals surface area contributed by atoms with E-state index in [1.807, 2.05) is 36.4 Å². The number of hydrogen-bond acceptors (Lipinski definition) is 5. The maximum atomic E-state index is 5.83. The predicted octanol–water partition coefficient (Wildman–Crippen LogP) is 3.40. The molecule has 0 radical (unpaired) electrons. The van der Waals surface area contributed by atoms with Crippen LogP contribution in [-0.4, -0.2) is 15.1 Å². The highest BCUT2D eigenvalue weighted by molar-refractivity contribution is 6.30. The Kier molecular flexibility index (Phi) is 3.60. The third-order valence-corrected chi connectivity index (χ3v) is 2.93. The van der Waals surface area contributed by atoms with Crippen molar-refractivity contribution in [1.29, 1.82) is 0 Å². The minimum Gasteiger partial charge on any atom is -0.376 e. The summed E-state index contributed by atoms with van der Waals surface area (Å²) >= 11 is 5.83. The van der Waals surface area contributed by atoms with Gasteiger partial charge in [-0.05, 0) is 36.4 Å². The minimum absolute atomic E-state index is 0.453. The SMILES string of the molecule is Clc1ccc(NCc2nc(-c3cccnc3)no2)cc1. The molecule has 0 bridgehead atoms. The van der Waals surface area contributed by atoms with Gasteiger partial charge in [-0.2, -0.15) is 4.98 Å². The second-order valence-corrected chi connectivity index (χ2v) is 4.55. The molecule has 0 spiro atoms. The molecule has 0 fully saturated rings. The Morgan fingerprint density at radius 2 is 2.00 bits per heavy atom. The van der Waals surface area contributed by atoms with Crippen molar-refractivity contribution in [3.8, 4) is 11.4 Å². The Bertz CT molecular complexity index is 682. The molecule has 2 aromatic heterocycles. The van der Waals surface area contributed by atoms with E-state index in [1.54, 1.807) is 12.4 Å². The lowest BCUT2D eigenvalue weighted by Crippen LogP contribution is -1.99. The van der Waals surface area contributed by atoms with Crippen molar-refractivity contribution >= 4 is 17.3 Å². The Morgan fingerprint density at radius 3 is 2.75 bits per heavy atom. The van der Waals surface area contributed by atoms with Gasteiger partial charge in [0.25, 0.3) is 0 Å². The second-order valence-electron chi connectivity index (χ2n) is 4.11. The molecule has 0 saturated heterocycles. The molecule has 6 heteroatoms. The number of halogens is 1. The summed E-state index contributed by atoms with van der Waals surface area (Å²) in [5.74, 6) is 1.05. The molecule has 20 heavy (non-hydrogen) atoms. The molecule has 0 saturated carbocycles. The maximum Gasteiger partial charge on any atom is 0.246 e. The van der Waals surface area contributed by atoms with Gasteiger partial charge in [-0.3, -0.25) is 4.98 Å². The highest BCUT2D eigenvalue weighted by atomic mass is 35.5. The first-order valence-corrected chi connectivity index (χ1v) is 6.41. The van der Waals surface area contributed by atoms with Gasteiger partial charge in [0.1, 0.15) is 0 Å². The van der Waals surface area contributed by atoms with Gasteiger partial charge in [-0.25, -0.2) is 0 Å². The molecule has 0 aliphatic carbocycles. The molecule has 0 aliphatic heterocycles. The van der Waals surface area contributed by atoms with E-state index in [9.17, 15) is 0 Å². The summed E-state index contributed by atoms with van der Waals surface area (Å²) in [5.41, 5.74) is 1.77. The van der Waals surface area contributed by atoms with Crippen molar-refractivity contribution in [2.45, 2.75) is 6.54 Å². The molecule has 2 heterocycles. The standard InChI is InChI=1S/C14H11ClN4O/c15-11-3-5-12(6-4-11)17-9-13-18-14(19-20-13)10-2-1-7-16-8-10/h1-8,17H,9H2. The maximum absolute atomic E-state index is 5.83. The smallest absolute Gasteiger partial charge is 0.246 e. The fourth-order valence-corrected chi connectivity index (χ4v) is 1.81. The Labute approximate surface area is 120 Å². The van der Waals surface area contributed by atoms with Gasteiger partial charge in [-0.15, -0.1) is 0 Å². The lowest BCUT2D eigenvalue weighted by molar-refractivity contribution is 0.384. The Morgan fingerprint density at radius 1 is 1.15 bits per heavy atom. The fraction of sp³-hybridized carbons (Fsp3) is 0.0714. The summed E-state index contributed by atoms with van der Waals surface area (Å²) in [5, 5.41) is 7.81. The van der Waals surface area contributed by atoms with Crippen LogP contribution in [0.4, 0.5) is 5.69 Å². The largest absolute Gasteiger partial charge is 0.376 e. The van der Waals surface area contributed by atoms with Crippen molar-refractivity contribution in [3.63, 3.8) is 0 Å². The van der Waals surface area contributed by atoms with E-state index < -0.39 is 0 Å². The lowest BCUT2D eigenvalue weighted by atomic mass is 10.3. The van der Waals surface area contributed by atoms with E-state index in [0.29, 0.717) is 23.3 Å². The van der Waals surface area contributed by atoms with Crippen molar-refractivity contribution in [1.82, 2.24) is 15.1 Å². The Balaban J connectivity index is 1.67. The zero-order valence-corrected chi connectivity index (χ0v) is 11.2. The van der Waals surface area contributed by atoms with Gasteiger partial charge in [0.15, 0.2) is 0 Å². The first-order valence-electron chi connectivity index (χ1n) is 6.04. The molecular weight excluding hydrogens is 276 g/mol. The number of pyridine rings is 1. The van der Waals surface area contributed by atoms with Gasteiger partial charge in [-0.1, -0.05) is 16.8 Å². The van der Waals surface area contributed by atoms with Crippen LogP contribution in [0.5, 0.6) is 0 Å². The average molecular weight is 287 g/mol. The number of anilines is 1. The van der Waals surface area contributed by atoms with Crippen LogP contribution in [0.2, 0.25) is 5.02 Å². The minimum atomic E-state index is 0.453. The van der Waals surface area contributed by atoms with Gasteiger partial charge in [0, 0.05) is 28.7 Å². The normalized spacial score (nSPS) is 10.4. The first kappa shape index (κ1) is 12.6. The van der Waals surface area contributed by atoms with Crippen LogP contribution in [-0.2, 0) is 6.54 Å². The van der Waals surface area contributed by atoms with Crippen LogP contribution in [0.15, 0.2) is 53.3 Å². The van der Waals surface area contributed by atoms with E-state index in [4.69, 9.17) is 16.1 Å². The molecular formula is C14H11ClN4O. The van der Waals surface area contributed by atoms with Gasteiger partial charge in [0.2, 0.25) is 11.7 Å². The summed E-state index contributed by atoms with van der Waals surface area (Å²) in [6.45, 7) is 0.453. The van der Waals surface area contributed by atoms with E-state index in [2.05, 4.69) is 20.4 Å². The number of nitrogens with zero attached hydrogens (tertiary/aromatic N) is 3. The van der Waals surface area contributed by atoms with Crippen LogP contribution in [0.25, 0.3) is 11.4 Å². The van der Waals surface area contributed by atoms with E-state index >= 15 is 0 Å². The third kappa shape index (κ3) is 2.95. The van der Waals surface area contributed by atoms with Crippen LogP contribution in [0.1, 0.15) is 5.89 Å². The summed E-state index contributed by atoms with van der Waals surface area (Å²) in [6.07, 6.45) is 3.40. The number of benzene rings is 1. The second kappa shape index (κ2) is 5.71. The van der Waals surface area contributed by atoms with Crippen LogP contribution in [0.3, 0.4) is 0 Å². The topological polar surface area (TPSA) is 63.8 Å². The summed E-state index contributed by atoms with van der Waals surface area (Å²) in [6, 6.07) is 11.1. The lowest BCUT2D eigenvalue weighted by Gasteiger charge is -2.02. The van der Waals surface area contributed by atoms with Crippen molar-refractivity contribution in [3.05, 3.63) is 59.7 Å². The van der Waals surface area contributed by atoms with Crippen LogP contribution < -0.4 is 5.32 Å². The van der Waals surface area contributed by atoms with Crippen LogP contribution >= 0.6 is 11.6 Å². The molecule has 100 valence electrons. The van der Waals surface area contributed by atoms with Gasteiger partial charge < -0.3 is 9.84 Å². The zero-order chi connectivity index (χ0) is 13.8. The van der Waals surface area contributed by atoms with E-state index in [1.165, 1.54) is 0 Å². The molecule has 5 nitrogen and oxygen atoms in total. The molecule has 3 aromatic rings. The van der Waals surface area contributed by atoms with E-state index in [0.717, 1.165) is 11.3 Å². The van der Waals surface area contributed by atoms with E-state index in [-0.39, 0.29) is 0 Å². The highest BCUT2D eigenvalue weighted by Crippen LogP contribution is 2.16. The number of rotatable bonds is 4. The van der Waals surface area contributed by atoms with Gasteiger partial charge >= 0.3 is 0 Å². The highest BCUT2D eigenvalue weighted by Gasteiger charge is 2.08. The monoisotopic (exact) mass is 286 g/mol. The van der Waals surface area contributed by atoms with Crippen molar-refractivity contribution < 1.29 is 4.52 Å². The summed E-state index contributed by atoms with van der Waals surface area (Å²) in [4.78, 5) is 8.33. The quantitative estimate of drug-likeness (QED) is 0.796. The Hall–Kier alpha value is -2.40. The third-order valence-electron chi connectivity index (χ3n) is 2.68. The predicted molar refractivity (Wildman–Crippen MR) is 76.3 cm³/mol. The molecule has 1 aromatic carbocycles. The molecule has 3 rings (SSSR count). The average Bonchev–Trinajstić information content (AvgIpc) is 2.97. The molecule has 0 aliphatic rings. The fourth-order valence-electron chi connectivity index (χ4n) is 1.68. The van der Waals surface area contributed by atoms with Crippen molar-refractivity contribution in [2.75, 3.05) is 5.32 Å². The zero-order valence-electron chi connectivity index (χ0n) is 10.5. The molecule has 0 atom stereocenters. The first-order chi connectivity index (χ1) is 9.81. The number of aromatic nitrogens is 3.